The molecule has 41 heavy (non-hydrogen) atoms. The van der Waals surface area contributed by atoms with Gasteiger partial charge in [0.15, 0.2) is 5.43 Å². The van der Waals surface area contributed by atoms with Crippen molar-refractivity contribution in [3.05, 3.63) is 70.9 Å². The Balaban J connectivity index is 1.31. The van der Waals surface area contributed by atoms with Crippen LogP contribution in [0.2, 0.25) is 0 Å². The van der Waals surface area contributed by atoms with Gasteiger partial charge in [-0.05, 0) is 44.1 Å². The molecule has 0 atom stereocenters. The fraction of sp³-hybridized carbons (Fsp3) is 0.333. The number of ether oxygens (including phenoxy) is 1. The molecular formula is C33H34N4O3S. The van der Waals surface area contributed by atoms with Crippen LogP contribution in [-0.2, 0) is 9.53 Å². The third-order valence-electron chi connectivity index (χ3n) is 8.40. The van der Waals surface area contributed by atoms with Crippen LogP contribution in [0.25, 0.3) is 42.2 Å². The summed E-state index contributed by atoms with van der Waals surface area (Å²) < 4.78 is 7.80. The quantitative estimate of drug-likeness (QED) is 0.255. The first-order valence-corrected chi connectivity index (χ1v) is 15.4. The standard InChI is InChI=1S/C33H34N4O3S/c38-27-21-29(37-17-19-40-20-18-37)35-32-22(8-6-9-24(27)32)23-11-12-26(31-25-7-2-3-10-28(25)41-33(23)31)34-30(39)13-16-36-14-4-1-5-15-36/h2-3,6-12,21H,1,4-5,13-20H2,(H,34,39)(H,35,38). The van der Waals surface area contributed by atoms with Gasteiger partial charge in [0.05, 0.1) is 24.4 Å². The zero-order chi connectivity index (χ0) is 27.8. The number of thiophene rings is 1. The molecule has 7 nitrogen and oxygen atoms in total. The molecule has 0 radical (unpaired) electrons. The van der Waals surface area contributed by atoms with Gasteiger partial charge in [-0.3, -0.25) is 9.59 Å². The summed E-state index contributed by atoms with van der Waals surface area (Å²) in [6.45, 7) is 5.76. The monoisotopic (exact) mass is 566 g/mol. The number of hydrogen-bond acceptors (Lipinski definition) is 6. The summed E-state index contributed by atoms with van der Waals surface area (Å²) in [7, 11) is 0. The van der Waals surface area contributed by atoms with E-state index in [4.69, 9.17) is 4.74 Å². The average molecular weight is 567 g/mol. The molecule has 2 aliphatic heterocycles. The number of benzene rings is 3. The highest BCUT2D eigenvalue weighted by Gasteiger charge is 2.20. The minimum Gasteiger partial charge on any atom is -0.378 e. The lowest BCUT2D eigenvalue weighted by molar-refractivity contribution is -0.116. The van der Waals surface area contributed by atoms with Gasteiger partial charge in [0.2, 0.25) is 5.91 Å². The van der Waals surface area contributed by atoms with Crippen molar-refractivity contribution in [1.29, 1.82) is 0 Å². The fourth-order valence-corrected chi connectivity index (χ4v) is 7.51. The van der Waals surface area contributed by atoms with Crippen molar-refractivity contribution < 1.29 is 9.53 Å². The van der Waals surface area contributed by atoms with Gasteiger partial charge in [0.1, 0.15) is 5.82 Å². The van der Waals surface area contributed by atoms with Crippen LogP contribution in [0, 0.1) is 0 Å². The van der Waals surface area contributed by atoms with Crippen molar-refractivity contribution in [3.8, 4) is 11.1 Å². The van der Waals surface area contributed by atoms with E-state index in [1.54, 1.807) is 17.4 Å². The Bertz CT molecular complexity index is 1800. The van der Waals surface area contributed by atoms with Crippen LogP contribution in [0.3, 0.4) is 0 Å². The predicted molar refractivity (Wildman–Crippen MR) is 169 cm³/mol. The van der Waals surface area contributed by atoms with Crippen molar-refractivity contribution >= 4 is 59.8 Å². The molecule has 2 aromatic heterocycles. The smallest absolute Gasteiger partial charge is 0.225 e. The fourth-order valence-electron chi connectivity index (χ4n) is 6.26. The second-order valence-corrected chi connectivity index (χ2v) is 12.1. The van der Waals surface area contributed by atoms with E-state index in [0.29, 0.717) is 25.0 Å². The van der Waals surface area contributed by atoms with Crippen molar-refractivity contribution in [2.45, 2.75) is 25.7 Å². The number of nitrogens with zero attached hydrogens (tertiary/aromatic N) is 2. The number of aromatic amines is 1. The molecular weight excluding hydrogens is 532 g/mol. The first-order chi connectivity index (χ1) is 20.2. The van der Waals surface area contributed by atoms with Gasteiger partial charge < -0.3 is 24.8 Å². The predicted octanol–water partition coefficient (Wildman–Crippen LogP) is 6.21. The van der Waals surface area contributed by atoms with Gasteiger partial charge in [0.25, 0.3) is 0 Å². The van der Waals surface area contributed by atoms with Crippen LogP contribution in [0.15, 0.2) is 65.5 Å². The minimum atomic E-state index is 0.00673. The summed E-state index contributed by atoms with van der Waals surface area (Å²) in [6.07, 6.45) is 4.22. The maximum atomic E-state index is 13.3. The van der Waals surface area contributed by atoms with Crippen LogP contribution in [-0.4, -0.2) is 61.7 Å². The lowest BCUT2D eigenvalue weighted by Gasteiger charge is -2.28. The van der Waals surface area contributed by atoms with E-state index in [0.717, 1.165) is 76.3 Å². The molecule has 2 fully saturated rings. The largest absolute Gasteiger partial charge is 0.378 e. The van der Waals surface area contributed by atoms with Crippen molar-refractivity contribution in [2.75, 3.05) is 56.2 Å². The maximum absolute atomic E-state index is 13.3. The summed E-state index contributed by atoms with van der Waals surface area (Å²) in [4.78, 5) is 34.6. The number of carbonyl (C=O) groups excluding carboxylic acids is 1. The van der Waals surface area contributed by atoms with E-state index in [-0.39, 0.29) is 11.3 Å². The molecule has 0 unspecified atom stereocenters. The van der Waals surface area contributed by atoms with Gasteiger partial charge in [0, 0.05) is 68.8 Å². The molecule has 5 aromatic rings. The summed E-state index contributed by atoms with van der Waals surface area (Å²) in [5.41, 5.74) is 3.71. The van der Waals surface area contributed by atoms with E-state index in [9.17, 15) is 9.59 Å². The highest BCUT2D eigenvalue weighted by molar-refractivity contribution is 7.26. The van der Waals surface area contributed by atoms with Crippen LogP contribution in [0.4, 0.5) is 11.5 Å². The number of piperidine rings is 1. The first kappa shape index (κ1) is 26.2. The Morgan fingerprint density at radius 1 is 0.902 bits per heavy atom. The lowest BCUT2D eigenvalue weighted by atomic mass is 9.98. The molecule has 8 heteroatoms. The highest BCUT2D eigenvalue weighted by Crippen LogP contribution is 2.44. The molecule has 0 aliphatic carbocycles. The van der Waals surface area contributed by atoms with Gasteiger partial charge in [-0.25, -0.2) is 0 Å². The van der Waals surface area contributed by atoms with Gasteiger partial charge in [-0.15, -0.1) is 11.3 Å². The lowest BCUT2D eigenvalue weighted by Crippen LogP contribution is -2.37. The summed E-state index contributed by atoms with van der Waals surface area (Å²) in [5, 5.41) is 6.10. The molecule has 2 aliphatic rings. The van der Waals surface area contributed by atoms with E-state index in [1.165, 1.54) is 24.0 Å². The molecule has 4 heterocycles. The van der Waals surface area contributed by atoms with Crippen LogP contribution >= 0.6 is 11.3 Å². The van der Waals surface area contributed by atoms with Gasteiger partial charge in [-0.1, -0.05) is 42.8 Å². The molecule has 7 rings (SSSR count). The molecule has 3 aromatic carbocycles. The van der Waals surface area contributed by atoms with E-state index >= 15 is 0 Å². The normalized spacial score (nSPS) is 16.5. The first-order valence-electron chi connectivity index (χ1n) is 14.6. The molecule has 2 N–H and O–H groups in total. The zero-order valence-corrected chi connectivity index (χ0v) is 23.9. The number of para-hydroxylation sites is 1. The summed E-state index contributed by atoms with van der Waals surface area (Å²) >= 11 is 1.73. The Morgan fingerprint density at radius 2 is 1.71 bits per heavy atom. The van der Waals surface area contributed by atoms with Crippen LogP contribution in [0.5, 0.6) is 0 Å². The second kappa shape index (κ2) is 11.3. The molecule has 1 amide bonds. The van der Waals surface area contributed by atoms with Gasteiger partial charge >= 0.3 is 0 Å². The number of H-pyrrole nitrogens is 1. The number of fused-ring (bicyclic) bond motifs is 4. The van der Waals surface area contributed by atoms with Crippen molar-refractivity contribution in [3.63, 3.8) is 0 Å². The minimum absolute atomic E-state index is 0.00673. The third kappa shape index (κ3) is 5.12. The topological polar surface area (TPSA) is 77.7 Å². The van der Waals surface area contributed by atoms with Crippen LogP contribution < -0.4 is 15.6 Å². The molecule has 2 saturated heterocycles. The number of nitrogens with one attached hydrogen (secondary N) is 2. The van der Waals surface area contributed by atoms with E-state index in [2.05, 4.69) is 50.4 Å². The number of likely N-dealkylation sites (tertiary alicyclic amines) is 1. The number of hydrogen-bond donors (Lipinski definition) is 2. The van der Waals surface area contributed by atoms with Gasteiger partial charge in [-0.2, -0.15) is 0 Å². The summed E-state index contributed by atoms with van der Waals surface area (Å²) in [5.74, 6) is 0.868. The maximum Gasteiger partial charge on any atom is 0.225 e. The SMILES string of the molecule is O=C(CCN1CCCCC1)Nc1ccc(-c2cccc3c(=O)cc(N4CCOCC4)[nH]c23)c2sc3ccccc3c12. The summed E-state index contributed by atoms with van der Waals surface area (Å²) in [6, 6.07) is 20.1. The number of pyridine rings is 1. The highest BCUT2D eigenvalue weighted by atomic mass is 32.1. The molecule has 210 valence electrons. The number of rotatable bonds is 6. The number of anilines is 2. The Morgan fingerprint density at radius 3 is 2.56 bits per heavy atom. The molecule has 0 saturated carbocycles. The van der Waals surface area contributed by atoms with Crippen LogP contribution in [0.1, 0.15) is 25.7 Å². The van der Waals surface area contributed by atoms with Crippen molar-refractivity contribution in [2.24, 2.45) is 0 Å². The second-order valence-electron chi connectivity index (χ2n) is 11.0. The number of amides is 1. The number of carbonyl (C=O) groups is 1. The zero-order valence-electron chi connectivity index (χ0n) is 23.1. The number of morpholine rings is 1. The van der Waals surface area contributed by atoms with Crippen molar-refractivity contribution in [1.82, 2.24) is 9.88 Å². The average Bonchev–Trinajstić information content (AvgIpc) is 3.41. The number of aromatic nitrogens is 1. The molecule has 0 spiro atoms. The van der Waals surface area contributed by atoms with E-state index in [1.807, 2.05) is 24.3 Å². The Kier molecular flexibility index (Phi) is 7.21. The van der Waals surface area contributed by atoms with E-state index < -0.39 is 0 Å². The Hall–Kier alpha value is -3.72. The Labute approximate surface area is 242 Å². The molecule has 0 bridgehead atoms. The third-order valence-corrected chi connectivity index (χ3v) is 9.60.